The molecule has 0 aromatic heterocycles. The highest BCUT2D eigenvalue weighted by molar-refractivity contribution is 5.85. The fourth-order valence-corrected chi connectivity index (χ4v) is 0.339. The predicted molar refractivity (Wildman–Crippen MR) is 30.9 cm³/mol. The summed E-state index contributed by atoms with van der Waals surface area (Å²) in [6.07, 6.45) is 3.60. The summed E-state index contributed by atoms with van der Waals surface area (Å²) >= 11 is 0. The van der Waals surface area contributed by atoms with Crippen molar-refractivity contribution in [2.75, 3.05) is 0 Å². The van der Waals surface area contributed by atoms with Gasteiger partial charge in [-0.1, -0.05) is 6.08 Å². The van der Waals surface area contributed by atoms with E-state index >= 15 is 0 Å². The van der Waals surface area contributed by atoms with Crippen LogP contribution < -0.4 is 0 Å². The van der Waals surface area contributed by atoms with Crippen molar-refractivity contribution < 1.29 is 4.79 Å². The van der Waals surface area contributed by atoms with Crippen LogP contribution >= 0.6 is 12.4 Å². The third kappa shape index (κ3) is 1.84. The summed E-state index contributed by atoms with van der Waals surface area (Å²) in [5.41, 5.74) is 0. The van der Waals surface area contributed by atoms with Gasteiger partial charge in [-0.15, -0.1) is 17.5 Å². The van der Waals surface area contributed by atoms with E-state index in [0.29, 0.717) is 6.42 Å². The van der Waals surface area contributed by atoms with E-state index in [1.807, 2.05) is 0 Å². The van der Waals surface area contributed by atoms with Crippen LogP contribution in [0.5, 0.6) is 0 Å². The third-order valence-electron chi connectivity index (χ3n) is 0.634. The second-order valence-electron chi connectivity index (χ2n) is 1.20. The Labute approximate surface area is 52.9 Å². The first-order chi connectivity index (χ1) is 3.39. The summed E-state index contributed by atoms with van der Waals surface area (Å²) in [7, 11) is 0. The first-order valence-corrected chi connectivity index (χ1v) is 1.98. The predicted octanol–water partition coefficient (Wildman–Crippen LogP) is 1.30. The number of carbonyl (C=O) groups is 1. The van der Waals surface area contributed by atoms with Crippen molar-refractivity contribution >= 4 is 18.3 Å². The molecule has 0 spiro atoms. The molecule has 3 nitrogen and oxygen atoms in total. The molecule has 0 aromatic carbocycles. The van der Waals surface area contributed by atoms with Gasteiger partial charge < -0.3 is 0 Å². The number of azo groups is 1. The first-order valence-electron chi connectivity index (χ1n) is 1.98. The highest BCUT2D eigenvalue weighted by Crippen LogP contribution is 1.95. The van der Waals surface area contributed by atoms with Crippen LogP contribution in [0.15, 0.2) is 22.5 Å². The van der Waals surface area contributed by atoms with Crippen LogP contribution in [0, 0.1) is 0 Å². The molecule has 0 fully saturated rings. The molecule has 1 aliphatic heterocycles. The quantitative estimate of drug-likeness (QED) is 0.490. The number of rotatable bonds is 0. The lowest BCUT2D eigenvalue weighted by Crippen LogP contribution is -1.89. The lowest BCUT2D eigenvalue weighted by molar-refractivity contribution is -0.117. The lowest BCUT2D eigenvalue weighted by atomic mass is 10.4. The van der Waals surface area contributed by atoms with E-state index in [0.717, 1.165) is 0 Å². The Kier molecular flexibility index (Phi) is 3.03. The molecule has 0 saturated heterocycles. The summed E-state index contributed by atoms with van der Waals surface area (Å²) in [6.45, 7) is 0. The van der Waals surface area contributed by atoms with Crippen LogP contribution in [0.1, 0.15) is 6.42 Å². The zero-order chi connectivity index (χ0) is 5.11. The van der Waals surface area contributed by atoms with Crippen molar-refractivity contribution in [3.63, 3.8) is 0 Å². The fraction of sp³-hybridized carbons (Fsp3) is 0.250. The molecule has 1 amide bonds. The minimum atomic E-state index is -0.164. The smallest absolute Gasteiger partial charge is 0.268 e. The minimum absolute atomic E-state index is 0. The Morgan fingerprint density at radius 2 is 2.38 bits per heavy atom. The number of amides is 1. The van der Waals surface area contributed by atoms with Gasteiger partial charge in [0.1, 0.15) is 0 Å². The Morgan fingerprint density at radius 1 is 1.62 bits per heavy atom. The van der Waals surface area contributed by atoms with E-state index in [-0.39, 0.29) is 18.3 Å². The number of hydrogen-bond donors (Lipinski definition) is 0. The van der Waals surface area contributed by atoms with E-state index in [1.54, 1.807) is 6.08 Å². The lowest BCUT2D eigenvalue weighted by Gasteiger charge is -1.86. The van der Waals surface area contributed by atoms with Crippen LogP contribution in [0.2, 0.25) is 0 Å². The normalized spacial score (nSPS) is 15.8. The standard InChI is InChI=1S/C4H4N2O.ClH/c7-4-2-1-3-5-6-4;/h1,3H,2H2;1H. The molecule has 1 aliphatic rings. The number of carbonyl (C=O) groups excluding carboxylic acids is 1. The molecule has 0 unspecified atom stereocenters. The van der Waals surface area contributed by atoms with Crippen molar-refractivity contribution in [2.45, 2.75) is 6.42 Å². The minimum Gasteiger partial charge on any atom is -0.271 e. The number of nitrogens with zero attached hydrogens (tertiary/aromatic N) is 2. The summed E-state index contributed by atoms with van der Waals surface area (Å²) in [4.78, 5) is 10.2. The van der Waals surface area contributed by atoms with E-state index in [1.165, 1.54) is 6.20 Å². The molecule has 0 saturated carbocycles. The van der Waals surface area contributed by atoms with Gasteiger partial charge in [-0.05, 0) is 0 Å². The van der Waals surface area contributed by atoms with Gasteiger partial charge in [0.2, 0.25) is 0 Å². The van der Waals surface area contributed by atoms with Gasteiger partial charge >= 0.3 is 0 Å². The Balaban J connectivity index is 0.000000490. The van der Waals surface area contributed by atoms with Crippen molar-refractivity contribution in [1.82, 2.24) is 0 Å². The first kappa shape index (κ1) is 7.30. The molecule has 0 aliphatic carbocycles. The molecule has 0 atom stereocenters. The third-order valence-corrected chi connectivity index (χ3v) is 0.634. The SMILES string of the molecule is Cl.O=C1CC=CN=N1. The van der Waals surface area contributed by atoms with Gasteiger partial charge in [0, 0.05) is 6.20 Å². The topological polar surface area (TPSA) is 41.8 Å². The number of halogens is 1. The summed E-state index contributed by atoms with van der Waals surface area (Å²) in [5, 5.41) is 6.58. The average molecular weight is 133 g/mol. The molecule has 0 radical (unpaired) electrons. The van der Waals surface area contributed by atoms with E-state index in [9.17, 15) is 4.79 Å². The van der Waals surface area contributed by atoms with Crippen LogP contribution in [-0.2, 0) is 4.79 Å². The van der Waals surface area contributed by atoms with Gasteiger partial charge in [-0.3, -0.25) is 4.79 Å². The number of hydrogen-bond acceptors (Lipinski definition) is 2. The largest absolute Gasteiger partial charge is 0.271 e. The molecule has 8 heavy (non-hydrogen) atoms. The van der Waals surface area contributed by atoms with E-state index in [2.05, 4.69) is 10.2 Å². The second kappa shape index (κ2) is 3.32. The molecular weight excluding hydrogens is 128 g/mol. The molecule has 44 valence electrons. The molecule has 1 rings (SSSR count). The van der Waals surface area contributed by atoms with Gasteiger partial charge in [-0.2, -0.15) is 5.11 Å². The highest BCUT2D eigenvalue weighted by Gasteiger charge is 1.95. The van der Waals surface area contributed by atoms with Crippen LogP contribution in [0.25, 0.3) is 0 Å². The zero-order valence-corrected chi connectivity index (χ0v) is 4.89. The molecule has 4 heteroatoms. The van der Waals surface area contributed by atoms with Crippen LogP contribution in [-0.4, -0.2) is 5.91 Å². The molecule has 0 bridgehead atoms. The maximum atomic E-state index is 10.2. The highest BCUT2D eigenvalue weighted by atomic mass is 35.5. The fourth-order valence-electron chi connectivity index (χ4n) is 0.339. The monoisotopic (exact) mass is 132 g/mol. The Hall–Kier alpha value is -0.700. The molecule has 1 heterocycles. The van der Waals surface area contributed by atoms with Gasteiger partial charge in [0.15, 0.2) is 0 Å². The van der Waals surface area contributed by atoms with Gasteiger partial charge in [-0.25, -0.2) is 0 Å². The Bertz CT molecular complexity index is 141. The van der Waals surface area contributed by atoms with Crippen molar-refractivity contribution in [2.24, 2.45) is 10.2 Å². The van der Waals surface area contributed by atoms with Crippen LogP contribution in [0.3, 0.4) is 0 Å². The zero-order valence-electron chi connectivity index (χ0n) is 4.07. The van der Waals surface area contributed by atoms with Crippen LogP contribution in [0.4, 0.5) is 0 Å². The van der Waals surface area contributed by atoms with Crippen molar-refractivity contribution in [3.05, 3.63) is 12.3 Å². The average Bonchev–Trinajstić information content (AvgIpc) is 1.69. The maximum absolute atomic E-state index is 10.2. The summed E-state index contributed by atoms with van der Waals surface area (Å²) in [5.74, 6) is -0.164. The van der Waals surface area contributed by atoms with E-state index < -0.39 is 0 Å². The molecule has 0 aromatic rings. The summed E-state index contributed by atoms with van der Waals surface area (Å²) in [6, 6.07) is 0. The Morgan fingerprint density at radius 3 is 2.62 bits per heavy atom. The molecule has 0 N–H and O–H groups in total. The van der Waals surface area contributed by atoms with Crippen molar-refractivity contribution in [1.29, 1.82) is 0 Å². The van der Waals surface area contributed by atoms with Gasteiger partial charge in [0.25, 0.3) is 5.91 Å². The summed E-state index contributed by atoms with van der Waals surface area (Å²) < 4.78 is 0. The van der Waals surface area contributed by atoms with E-state index in [4.69, 9.17) is 0 Å². The van der Waals surface area contributed by atoms with Crippen molar-refractivity contribution in [3.8, 4) is 0 Å². The van der Waals surface area contributed by atoms with Gasteiger partial charge in [0.05, 0.1) is 6.42 Å². The second-order valence-corrected chi connectivity index (χ2v) is 1.20. The maximum Gasteiger partial charge on any atom is 0.268 e. The molecular formula is C4H5ClN2O.